The minimum atomic E-state index is -1.39. The summed E-state index contributed by atoms with van der Waals surface area (Å²) in [6.45, 7) is 1.66. The molecule has 1 amide bonds. The molecule has 1 rings (SSSR count). The second-order valence-corrected chi connectivity index (χ2v) is 2.65. The number of nitro groups is 1. The molecule has 68 valence electrons. The first kappa shape index (κ1) is 8.88. The van der Waals surface area contributed by atoms with Crippen LogP contribution in [0.4, 0.5) is 0 Å². The van der Waals surface area contributed by atoms with Gasteiger partial charge >= 0.3 is 6.04 Å². The number of carbonyl (C=O) groups is 1. The largest absolute Gasteiger partial charge is 0.335 e. The van der Waals surface area contributed by atoms with Crippen LogP contribution in [0.2, 0.25) is 0 Å². The Balaban J connectivity index is 2.73. The summed E-state index contributed by atoms with van der Waals surface area (Å²) in [4.78, 5) is 20.6. The lowest BCUT2D eigenvalue weighted by atomic mass is 10.1. The third-order valence-electron chi connectivity index (χ3n) is 1.64. The van der Waals surface area contributed by atoms with Crippen molar-refractivity contribution >= 4 is 5.91 Å². The summed E-state index contributed by atoms with van der Waals surface area (Å²) in [7, 11) is 0. The van der Waals surface area contributed by atoms with Crippen molar-refractivity contribution in [1.29, 1.82) is 0 Å². The topological polar surface area (TPSA) is 110 Å². The fourth-order valence-corrected chi connectivity index (χ4v) is 1.11. The van der Waals surface area contributed by atoms with Crippen LogP contribution in [0.5, 0.6) is 0 Å². The van der Waals surface area contributed by atoms with E-state index < -0.39 is 23.0 Å². The highest BCUT2D eigenvalue weighted by Crippen LogP contribution is 2.00. The van der Waals surface area contributed by atoms with Crippen molar-refractivity contribution in [3.05, 3.63) is 10.1 Å². The van der Waals surface area contributed by atoms with E-state index in [2.05, 4.69) is 10.6 Å². The molecule has 1 fully saturated rings. The molecule has 0 aromatic heterocycles. The zero-order chi connectivity index (χ0) is 9.30. The monoisotopic (exact) mass is 174 g/mol. The predicted octanol–water partition coefficient (Wildman–Crippen LogP) is -2.02. The van der Waals surface area contributed by atoms with E-state index in [1.807, 2.05) is 0 Å². The first-order valence-electron chi connectivity index (χ1n) is 3.48. The van der Waals surface area contributed by atoms with Gasteiger partial charge in [-0.05, 0) is 6.92 Å². The van der Waals surface area contributed by atoms with Crippen LogP contribution in [0.25, 0.3) is 0 Å². The summed E-state index contributed by atoms with van der Waals surface area (Å²) < 4.78 is 0. The molecule has 12 heavy (non-hydrogen) atoms. The third-order valence-corrected chi connectivity index (χ3v) is 1.64. The Bertz CT molecular complexity index is 219. The van der Waals surface area contributed by atoms with Crippen LogP contribution >= 0.6 is 0 Å². The molecule has 7 nitrogen and oxygen atoms in total. The summed E-state index contributed by atoms with van der Waals surface area (Å²) in [6, 6.07) is -1.39. The maximum absolute atomic E-state index is 11.0. The maximum atomic E-state index is 11.0. The molecule has 4 N–H and O–H groups in total. The zero-order valence-electron chi connectivity index (χ0n) is 6.48. The van der Waals surface area contributed by atoms with Crippen LogP contribution in [-0.2, 0) is 4.79 Å². The van der Waals surface area contributed by atoms with Gasteiger partial charge in [-0.25, -0.2) is 0 Å². The Kier molecular flexibility index (Phi) is 2.25. The molecule has 0 saturated carbocycles. The van der Waals surface area contributed by atoms with E-state index in [4.69, 9.17) is 5.73 Å². The summed E-state index contributed by atoms with van der Waals surface area (Å²) in [5.41, 5.74) is 5.35. The summed E-state index contributed by atoms with van der Waals surface area (Å²) >= 11 is 0. The normalized spacial score (nSPS) is 35.8. The number of nitrogens with one attached hydrogen (secondary N) is 2. The van der Waals surface area contributed by atoms with Gasteiger partial charge in [0, 0.05) is 4.92 Å². The number of rotatable bonds is 1. The predicted molar refractivity (Wildman–Crippen MR) is 39.5 cm³/mol. The Hall–Kier alpha value is -1.21. The van der Waals surface area contributed by atoms with E-state index in [1.54, 1.807) is 6.92 Å². The third kappa shape index (κ3) is 1.51. The highest BCUT2D eigenvalue weighted by Gasteiger charge is 2.41. The van der Waals surface area contributed by atoms with Crippen molar-refractivity contribution in [1.82, 2.24) is 10.6 Å². The Labute approximate surface area is 68.4 Å². The number of amides is 1. The number of nitrogens with two attached hydrogens (primary N) is 1. The molecule has 1 aliphatic rings. The van der Waals surface area contributed by atoms with Gasteiger partial charge in [-0.15, -0.1) is 0 Å². The number of hydrogen-bond donors (Lipinski definition) is 3. The lowest BCUT2D eigenvalue weighted by Gasteiger charge is -2.28. The maximum Gasteiger partial charge on any atom is 0.317 e. The number of nitrogens with zero attached hydrogens (tertiary/aromatic N) is 1. The second-order valence-electron chi connectivity index (χ2n) is 2.65. The number of hydrogen-bond acceptors (Lipinski definition) is 5. The Morgan fingerprint density at radius 1 is 1.67 bits per heavy atom. The molecule has 0 aliphatic carbocycles. The molecular weight excluding hydrogens is 164 g/mol. The molecule has 0 aromatic carbocycles. The molecule has 0 bridgehead atoms. The molecule has 0 aromatic rings. The Morgan fingerprint density at radius 2 is 2.25 bits per heavy atom. The van der Waals surface area contributed by atoms with Gasteiger partial charge in [0.25, 0.3) is 5.91 Å². The molecule has 7 heteroatoms. The van der Waals surface area contributed by atoms with Crippen molar-refractivity contribution in [3.63, 3.8) is 0 Å². The fourth-order valence-electron chi connectivity index (χ4n) is 1.11. The van der Waals surface area contributed by atoms with Gasteiger partial charge in [0.1, 0.15) is 6.17 Å². The van der Waals surface area contributed by atoms with Crippen LogP contribution in [0, 0.1) is 10.1 Å². The lowest BCUT2D eigenvalue weighted by Crippen LogP contribution is -2.68. The van der Waals surface area contributed by atoms with E-state index in [9.17, 15) is 14.9 Å². The number of carbonyl (C=O) groups excluding carboxylic acids is 1. The highest BCUT2D eigenvalue weighted by molar-refractivity contribution is 5.82. The van der Waals surface area contributed by atoms with Gasteiger partial charge in [0.05, 0.1) is 6.17 Å². The Morgan fingerprint density at radius 3 is 2.67 bits per heavy atom. The van der Waals surface area contributed by atoms with Crippen LogP contribution in [0.15, 0.2) is 0 Å². The quantitative estimate of drug-likeness (QED) is 0.314. The minimum Gasteiger partial charge on any atom is -0.335 e. The smallest absolute Gasteiger partial charge is 0.317 e. The molecule has 0 spiro atoms. The van der Waals surface area contributed by atoms with Gasteiger partial charge in [-0.2, -0.15) is 0 Å². The van der Waals surface area contributed by atoms with Crippen molar-refractivity contribution in [2.24, 2.45) is 5.73 Å². The molecule has 0 radical (unpaired) electrons. The van der Waals surface area contributed by atoms with Crippen LogP contribution < -0.4 is 16.4 Å². The molecule has 1 heterocycles. The second kappa shape index (κ2) is 3.03. The average Bonchev–Trinajstić information content (AvgIpc) is 1.82. The van der Waals surface area contributed by atoms with E-state index >= 15 is 0 Å². The van der Waals surface area contributed by atoms with Gasteiger partial charge < -0.3 is 11.1 Å². The van der Waals surface area contributed by atoms with E-state index in [-0.39, 0.29) is 6.17 Å². The first-order valence-corrected chi connectivity index (χ1v) is 3.48. The SMILES string of the molecule is CC1NC(=O)C([N+](=O)[O-])C(N)N1. The zero-order valence-corrected chi connectivity index (χ0v) is 6.48. The fraction of sp³-hybridized carbons (Fsp3) is 0.800. The van der Waals surface area contributed by atoms with Gasteiger partial charge in [0.2, 0.25) is 0 Å². The van der Waals surface area contributed by atoms with Crippen molar-refractivity contribution in [3.8, 4) is 0 Å². The first-order chi connectivity index (χ1) is 5.52. The molecule has 3 unspecified atom stereocenters. The van der Waals surface area contributed by atoms with Crippen LogP contribution in [-0.4, -0.2) is 29.2 Å². The minimum absolute atomic E-state index is 0.316. The molecule has 3 atom stereocenters. The molecule has 1 saturated heterocycles. The van der Waals surface area contributed by atoms with Crippen LogP contribution in [0.1, 0.15) is 6.92 Å². The molecular formula is C5H10N4O3. The average molecular weight is 174 g/mol. The van der Waals surface area contributed by atoms with E-state index in [0.29, 0.717) is 0 Å². The summed E-state index contributed by atoms with van der Waals surface area (Å²) in [5.74, 6) is -0.640. The van der Waals surface area contributed by atoms with E-state index in [1.165, 1.54) is 0 Å². The van der Waals surface area contributed by atoms with Gasteiger partial charge in [-0.3, -0.25) is 20.2 Å². The summed E-state index contributed by atoms with van der Waals surface area (Å²) in [6.07, 6.45) is -1.23. The van der Waals surface area contributed by atoms with Gasteiger partial charge in [-0.1, -0.05) is 0 Å². The van der Waals surface area contributed by atoms with Crippen molar-refractivity contribution < 1.29 is 9.72 Å². The van der Waals surface area contributed by atoms with Crippen LogP contribution in [0.3, 0.4) is 0 Å². The van der Waals surface area contributed by atoms with Crippen molar-refractivity contribution in [2.75, 3.05) is 0 Å². The standard InChI is InChI=1S/C5H10N4O3/c1-2-7-4(6)3(9(11)12)5(10)8-2/h2-4,7H,6H2,1H3,(H,8,10). The molecule has 1 aliphatic heterocycles. The van der Waals surface area contributed by atoms with Gasteiger partial charge in [0.15, 0.2) is 0 Å². The highest BCUT2D eigenvalue weighted by atomic mass is 16.6. The lowest BCUT2D eigenvalue weighted by molar-refractivity contribution is -0.513. The van der Waals surface area contributed by atoms with E-state index in [0.717, 1.165) is 0 Å². The summed E-state index contributed by atoms with van der Waals surface area (Å²) in [5, 5.41) is 15.3. The van der Waals surface area contributed by atoms with Crippen molar-refractivity contribution in [2.45, 2.75) is 25.3 Å².